The lowest BCUT2D eigenvalue weighted by molar-refractivity contribution is -0.118. The average Bonchev–Trinajstić information content (AvgIpc) is 2.75. The summed E-state index contributed by atoms with van der Waals surface area (Å²) in [7, 11) is -1.84. The molecule has 0 saturated heterocycles. The van der Waals surface area contributed by atoms with Crippen molar-refractivity contribution in [2.45, 2.75) is 37.1 Å². The molecule has 2 aromatic carbocycles. The zero-order chi connectivity index (χ0) is 21.7. The van der Waals surface area contributed by atoms with E-state index in [-0.39, 0.29) is 10.9 Å². The lowest BCUT2D eigenvalue weighted by Gasteiger charge is -2.27. The van der Waals surface area contributed by atoms with Crippen LogP contribution in [0.3, 0.4) is 0 Å². The smallest absolute Gasteiger partial charge is 0.337 e. The number of amides is 1. The summed E-state index contributed by atoms with van der Waals surface area (Å²) < 4.78 is 28.0. The van der Waals surface area contributed by atoms with E-state index in [1.807, 2.05) is 18.2 Å². The van der Waals surface area contributed by atoms with Crippen LogP contribution in [0.4, 0.5) is 0 Å². The maximum atomic E-state index is 11.8. The highest BCUT2D eigenvalue weighted by Crippen LogP contribution is 2.29. The molecule has 0 aliphatic heterocycles. The first-order valence-corrected chi connectivity index (χ1v) is 11.9. The van der Waals surface area contributed by atoms with Gasteiger partial charge in [0.1, 0.15) is 0 Å². The van der Waals surface area contributed by atoms with Gasteiger partial charge in [0, 0.05) is 19.3 Å². The van der Waals surface area contributed by atoms with Crippen molar-refractivity contribution in [1.29, 1.82) is 0 Å². The molecule has 0 N–H and O–H groups in total. The standard InChI is InChI=1S/C23H27NO5S/c1-29-23(26)20-8-7-19-6-3-17(13-21(19)14-20)11-12-24(16-25)15-18-4-9-22(10-5-18)30(2,27)28/h4-5,7-10,14,16-17H,3,6,11-13,15H2,1-2H3/t17-/m1/s1. The van der Waals surface area contributed by atoms with Gasteiger partial charge in [0.25, 0.3) is 0 Å². The van der Waals surface area contributed by atoms with Crippen molar-refractivity contribution < 1.29 is 22.7 Å². The van der Waals surface area contributed by atoms with Crippen molar-refractivity contribution in [2.75, 3.05) is 19.9 Å². The first-order chi connectivity index (χ1) is 14.3. The van der Waals surface area contributed by atoms with E-state index < -0.39 is 9.84 Å². The Morgan fingerprint density at radius 3 is 2.53 bits per heavy atom. The van der Waals surface area contributed by atoms with E-state index in [9.17, 15) is 18.0 Å². The lowest BCUT2D eigenvalue weighted by Crippen LogP contribution is -2.26. The number of carbonyl (C=O) groups is 2. The maximum Gasteiger partial charge on any atom is 0.337 e. The largest absolute Gasteiger partial charge is 0.465 e. The number of nitrogens with zero attached hydrogens (tertiary/aromatic N) is 1. The van der Waals surface area contributed by atoms with Crippen LogP contribution in [0, 0.1) is 5.92 Å². The Labute approximate surface area is 177 Å². The predicted octanol–water partition coefficient (Wildman–Crippen LogP) is 3.03. The van der Waals surface area contributed by atoms with E-state index in [1.54, 1.807) is 29.2 Å². The first-order valence-electron chi connectivity index (χ1n) is 9.98. The number of rotatable bonds is 8. The number of hydrogen-bond donors (Lipinski definition) is 0. The van der Waals surface area contributed by atoms with Crippen molar-refractivity contribution in [3.63, 3.8) is 0 Å². The number of aryl methyl sites for hydroxylation is 1. The molecule has 3 rings (SSSR count). The summed E-state index contributed by atoms with van der Waals surface area (Å²) in [6, 6.07) is 12.4. The van der Waals surface area contributed by atoms with Gasteiger partial charge in [-0.3, -0.25) is 4.79 Å². The summed E-state index contributed by atoms with van der Waals surface area (Å²) >= 11 is 0. The van der Waals surface area contributed by atoms with Gasteiger partial charge in [-0.2, -0.15) is 0 Å². The number of esters is 1. The zero-order valence-electron chi connectivity index (χ0n) is 17.3. The summed E-state index contributed by atoms with van der Waals surface area (Å²) in [6.45, 7) is 1.08. The van der Waals surface area contributed by atoms with E-state index in [4.69, 9.17) is 4.74 Å². The fourth-order valence-electron chi connectivity index (χ4n) is 3.92. The number of fused-ring (bicyclic) bond motifs is 1. The Morgan fingerprint density at radius 1 is 1.17 bits per heavy atom. The van der Waals surface area contributed by atoms with Crippen LogP contribution in [0.2, 0.25) is 0 Å². The molecule has 1 atom stereocenters. The molecule has 1 amide bonds. The van der Waals surface area contributed by atoms with Gasteiger partial charge in [0.2, 0.25) is 6.41 Å². The molecule has 160 valence electrons. The summed E-state index contributed by atoms with van der Waals surface area (Å²) in [4.78, 5) is 25.3. The van der Waals surface area contributed by atoms with Crippen molar-refractivity contribution in [1.82, 2.24) is 4.90 Å². The fraction of sp³-hybridized carbons (Fsp3) is 0.391. The van der Waals surface area contributed by atoms with Crippen molar-refractivity contribution in [3.8, 4) is 0 Å². The molecule has 2 aromatic rings. The second-order valence-electron chi connectivity index (χ2n) is 7.86. The van der Waals surface area contributed by atoms with Crippen LogP contribution in [-0.4, -0.2) is 45.6 Å². The Hall–Kier alpha value is -2.67. The first kappa shape index (κ1) is 22.0. The maximum absolute atomic E-state index is 11.8. The molecule has 7 heteroatoms. The number of ether oxygens (including phenoxy) is 1. The molecular formula is C23H27NO5S. The van der Waals surface area contributed by atoms with Crippen LogP contribution in [0.15, 0.2) is 47.4 Å². The van der Waals surface area contributed by atoms with E-state index in [2.05, 4.69) is 0 Å². The van der Waals surface area contributed by atoms with E-state index >= 15 is 0 Å². The van der Waals surface area contributed by atoms with Gasteiger partial charge in [-0.15, -0.1) is 0 Å². The summed E-state index contributed by atoms with van der Waals surface area (Å²) in [5, 5.41) is 0. The van der Waals surface area contributed by atoms with E-state index in [0.29, 0.717) is 24.6 Å². The molecule has 0 bridgehead atoms. The monoisotopic (exact) mass is 429 g/mol. The Balaban J connectivity index is 1.58. The minimum Gasteiger partial charge on any atom is -0.465 e. The Kier molecular flexibility index (Phi) is 6.92. The van der Waals surface area contributed by atoms with Crippen LogP contribution < -0.4 is 0 Å². The molecule has 0 heterocycles. The molecule has 0 unspecified atom stereocenters. The lowest BCUT2D eigenvalue weighted by atomic mass is 9.81. The Morgan fingerprint density at radius 2 is 1.90 bits per heavy atom. The van der Waals surface area contributed by atoms with Crippen molar-refractivity contribution >= 4 is 22.2 Å². The predicted molar refractivity (Wildman–Crippen MR) is 114 cm³/mol. The quantitative estimate of drug-likeness (QED) is 0.476. The van der Waals surface area contributed by atoms with Gasteiger partial charge < -0.3 is 9.64 Å². The second kappa shape index (κ2) is 9.43. The third-order valence-corrected chi connectivity index (χ3v) is 6.80. The third-order valence-electron chi connectivity index (χ3n) is 5.67. The number of benzene rings is 2. The fourth-order valence-corrected chi connectivity index (χ4v) is 4.55. The molecule has 1 aliphatic carbocycles. The van der Waals surface area contributed by atoms with Gasteiger partial charge in [-0.1, -0.05) is 18.2 Å². The van der Waals surface area contributed by atoms with Crippen molar-refractivity contribution in [2.24, 2.45) is 5.92 Å². The second-order valence-corrected chi connectivity index (χ2v) is 9.88. The topological polar surface area (TPSA) is 80.8 Å². The molecule has 0 aromatic heterocycles. The summed E-state index contributed by atoms with van der Waals surface area (Å²) in [6.07, 6.45) is 5.81. The van der Waals surface area contributed by atoms with Gasteiger partial charge in [-0.25, -0.2) is 13.2 Å². The zero-order valence-corrected chi connectivity index (χ0v) is 18.2. The highest BCUT2D eigenvalue weighted by Gasteiger charge is 2.21. The number of hydrogen-bond acceptors (Lipinski definition) is 5. The highest BCUT2D eigenvalue weighted by atomic mass is 32.2. The van der Waals surface area contributed by atoms with Crippen LogP contribution in [0.5, 0.6) is 0 Å². The van der Waals surface area contributed by atoms with Gasteiger partial charge in [0.15, 0.2) is 9.84 Å². The molecule has 6 nitrogen and oxygen atoms in total. The molecule has 0 fully saturated rings. The van der Waals surface area contributed by atoms with Crippen LogP contribution in [0.25, 0.3) is 0 Å². The molecule has 0 saturated carbocycles. The molecule has 0 radical (unpaired) electrons. The van der Waals surface area contributed by atoms with Gasteiger partial charge in [-0.05, 0) is 72.6 Å². The highest BCUT2D eigenvalue weighted by molar-refractivity contribution is 7.90. The summed E-state index contributed by atoms with van der Waals surface area (Å²) in [5.41, 5.74) is 3.93. The summed E-state index contributed by atoms with van der Waals surface area (Å²) in [5.74, 6) is 0.120. The van der Waals surface area contributed by atoms with Gasteiger partial charge in [0.05, 0.1) is 17.6 Å². The van der Waals surface area contributed by atoms with Crippen LogP contribution in [-0.2, 0) is 38.8 Å². The van der Waals surface area contributed by atoms with Gasteiger partial charge >= 0.3 is 5.97 Å². The molecular weight excluding hydrogens is 402 g/mol. The normalized spacial score (nSPS) is 15.9. The molecule has 30 heavy (non-hydrogen) atoms. The van der Waals surface area contributed by atoms with Crippen LogP contribution >= 0.6 is 0 Å². The Bertz CT molecular complexity index is 1010. The van der Waals surface area contributed by atoms with Crippen molar-refractivity contribution in [3.05, 3.63) is 64.7 Å². The number of sulfone groups is 1. The number of methoxy groups -OCH3 is 1. The minimum atomic E-state index is -3.23. The minimum absolute atomic E-state index is 0.274. The van der Waals surface area contributed by atoms with E-state index in [0.717, 1.165) is 37.7 Å². The number of carbonyl (C=O) groups excluding carboxylic acids is 2. The third kappa shape index (κ3) is 5.48. The molecule has 1 aliphatic rings. The van der Waals surface area contributed by atoms with Crippen LogP contribution in [0.1, 0.15) is 39.9 Å². The average molecular weight is 430 g/mol. The van der Waals surface area contributed by atoms with E-state index in [1.165, 1.54) is 24.5 Å². The molecule has 0 spiro atoms. The SMILES string of the molecule is COC(=O)c1ccc2c(c1)C[C@@H](CCN(C=O)Cc1ccc(S(C)(=O)=O)cc1)CC2.